The smallest absolute Gasteiger partial charge is 0.0973 e. The van der Waals surface area contributed by atoms with Gasteiger partial charge in [0.15, 0.2) is 0 Å². The van der Waals surface area contributed by atoms with E-state index in [4.69, 9.17) is 4.74 Å². The molecule has 23 heavy (non-hydrogen) atoms. The predicted molar refractivity (Wildman–Crippen MR) is 92.8 cm³/mol. The highest BCUT2D eigenvalue weighted by Gasteiger charge is 2.10. The van der Waals surface area contributed by atoms with Gasteiger partial charge < -0.3 is 19.5 Å². The lowest BCUT2D eigenvalue weighted by molar-refractivity contribution is 0.122. The standard InChI is InChI=1S/C18H20N4O/c1-2-4-18-17(3-1)20-14-22(18)13-19-15-5-7-16(8-6-15)21-9-11-23-12-10-21/h1-8,14,19H,9-13H2. The number of nitrogens with one attached hydrogen (secondary N) is 1. The van der Waals surface area contributed by atoms with Gasteiger partial charge in [0.2, 0.25) is 0 Å². The molecule has 1 aromatic heterocycles. The Morgan fingerprint density at radius 1 is 1.00 bits per heavy atom. The van der Waals surface area contributed by atoms with E-state index in [-0.39, 0.29) is 0 Å². The average molecular weight is 308 g/mol. The van der Waals surface area contributed by atoms with Gasteiger partial charge in [0.25, 0.3) is 0 Å². The van der Waals surface area contributed by atoms with Crippen molar-refractivity contribution in [1.29, 1.82) is 0 Å². The molecular formula is C18H20N4O. The number of anilines is 2. The van der Waals surface area contributed by atoms with Crippen molar-refractivity contribution in [2.45, 2.75) is 6.67 Å². The molecule has 1 fully saturated rings. The first-order valence-electron chi connectivity index (χ1n) is 7.97. The lowest BCUT2D eigenvalue weighted by atomic mass is 10.2. The Balaban J connectivity index is 1.43. The molecule has 1 saturated heterocycles. The van der Waals surface area contributed by atoms with Crippen LogP contribution >= 0.6 is 0 Å². The number of fused-ring (bicyclic) bond motifs is 1. The largest absolute Gasteiger partial charge is 0.378 e. The van der Waals surface area contributed by atoms with Gasteiger partial charge in [-0.2, -0.15) is 0 Å². The SMILES string of the molecule is c1ccc2c(c1)ncn2CNc1ccc(N2CCOCC2)cc1. The number of hydrogen-bond donors (Lipinski definition) is 1. The van der Waals surface area contributed by atoms with Crippen molar-refractivity contribution in [2.24, 2.45) is 0 Å². The molecule has 2 heterocycles. The first kappa shape index (κ1) is 14.1. The maximum Gasteiger partial charge on any atom is 0.0973 e. The van der Waals surface area contributed by atoms with Crippen LogP contribution in [0.15, 0.2) is 54.9 Å². The van der Waals surface area contributed by atoms with E-state index in [1.165, 1.54) is 5.69 Å². The fraction of sp³-hybridized carbons (Fsp3) is 0.278. The predicted octanol–water partition coefficient (Wildman–Crippen LogP) is 2.94. The summed E-state index contributed by atoms with van der Waals surface area (Å²) in [7, 11) is 0. The summed E-state index contributed by atoms with van der Waals surface area (Å²) in [5.41, 5.74) is 4.54. The van der Waals surface area contributed by atoms with Gasteiger partial charge in [-0.1, -0.05) is 12.1 Å². The van der Waals surface area contributed by atoms with Crippen molar-refractivity contribution in [3.05, 3.63) is 54.9 Å². The van der Waals surface area contributed by atoms with Gasteiger partial charge >= 0.3 is 0 Å². The molecule has 0 radical (unpaired) electrons. The summed E-state index contributed by atoms with van der Waals surface area (Å²) in [5.74, 6) is 0. The van der Waals surface area contributed by atoms with Crippen LogP contribution in [0.2, 0.25) is 0 Å². The van der Waals surface area contributed by atoms with Gasteiger partial charge in [-0.25, -0.2) is 4.98 Å². The van der Waals surface area contributed by atoms with Gasteiger partial charge in [-0.3, -0.25) is 0 Å². The number of aromatic nitrogens is 2. The van der Waals surface area contributed by atoms with E-state index in [0.29, 0.717) is 6.67 Å². The van der Waals surface area contributed by atoms with Crippen LogP contribution in [-0.4, -0.2) is 35.9 Å². The third-order valence-electron chi connectivity index (χ3n) is 4.22. The highest BCUT2D eigenvalue weighted by molar-refractivity contribution is 5.75. The van der Waals surface area contributed by atoms with Gasteiger partial charge in [-0.15, -0.1) is 0 Å². The summed E-state index contributed by atoms with van der Waals surface area (Å²) in [6, 6.07) is 16.8. The summed E-state index contributed by atoms with van der Waals surface area (Å²) in [6.45, 7) is 4.26. The molecule has 1 N–H and O–H groups in total. The van der Waals surface area contributed by atoms with Crippen LogP contribution in [-0.2, 0) is 11.4 Å². The monoisotopic (exact) mass is 308 g/mol. The lowest BCUT2D eigenvalue weighted by Crippen LogP contribution is -2.36. The van der Waals surface area contributed by atoms with Crippen LogP contribution in [0.25, 0.3) is 11.0 Å². The average Bonchev–Trinajstić information content (AvgIpc) is 3.04. The van der Waals surface area contributed by atoms with Gasteiger partial charge in [0, 0.05) is 24.5 Å². The first-order valence-corrected chi connectivity index (χ1v) is 7.97. The molecule has 2 aromatic carbocycles. The topological polar surface area (TPSA) is 42.3 Å². The molecule has 0 spiro atoms. The molecule has 118 valence electrons. The van der Waals surface area contributed by atoms with Crippen LogP contribution in [0.5, 0.6) is 0 Å². The second-order valence-corrected chi connectivity index (χ2v) is 5.68. The van der Waals surface area contributed by atoms with E-state index in [2.05, 4.69) is 50.1 Å². The second kappa shape index (κ2) is 6.30. The van der Waals surface area contributed by atoms with Crippen LogP contribution in [0, 0.1) is 0 Å². The summed E-state index contributed by atoms with van der Waals surface area (Å²) < 4.78 is 7.51. The number of nitrogens with zero attached hydrogens (tertiary/aromatic N) is 3. The van der Waals surface area contributed by atoms with Crippen molar-refractivity contribution in [3.63, 3.8) is 0 Å². The Morgan fingerprint density at radius 3 is 2.61 bits per heavy atom. The van der Waals surface area contributed by atoms with Gasteiger partial charge in [0.05, 0.1) is 37.2 Å². The van der Waals surface area contributed by atoms with Crippen LogP contribution in [0.1, 0.15) is 0 Å². The Labute approximate surface area is 135 Å². The Kier molecular flexibility index (Phi) is 3.86. The molecule has 5 heteroatoms. The quantitative estimate of drug-likeness (QED) is 0.805. The summed E-state index contributed by atoms with van der Waals surface area (Å²) in [5, 5.41) is 3.45. The van der Waals surface area contributed by atoms with Crippen LogP contribution < -0.4 is 10.2 Å². The third-order valence-corrected chi connectivity index (χ3v) is 4.22. The normalized spacial score (nSPS) is 15.0. The summed E-state index contributed by atoms with van der Waals surface area (Å²) >= 11 is 0. The molecule has 0 atom stereocenters. The maximum atomic E-state index is 5.40. The zero-order valence-corrected chi connectivity index (χ0v) is 13.0. The number of imidazole rings is 1. The number of para-hydroxylation sites is 2. The number of morpholine rings is 1. The highest BCUT2D eigenvalue weighted by Crippen LogP contribution is 2.19. The third kappa shape index (κ3) is 3.00. The van der Waals surface area contributed by atoms with E-state index in [0.717, 1.165) is 43.0 Å². The van der Waals surface area contributed by atoms with E-state index in [1.54, 1.807) is 0 Å². The lowest BCUT2D eigenvalue weighted by Gasteiger charge is -2.29. The highest BCUT2D eigenvalue weighted by atomic mass is 16.5. The molecule has 0 amide bonds. The molecule has 1 aliphatic rings. The fourth-order valence-electron chi connectivity index (χ4n) is 2.92. The molecule has 4 rings (SSSR count). The Bertz CT molecular complexity index is 775. The van der Waals surface area contributed by atoms with Crippen molar-refractivity contribution >= 4 is 22.4 Å². The molecule has 5 nitrogen and oxygen atoms in total. The minimum Gasteiger partial charge on any atom is -0.378 e. The molecule has 0 saturated carbocycles. The molecule has 3 aromatic rings. The molecule has 1 aliphatic heterocycles. The minimum absolute atomic E-state index is 0.706. The number of hydrogen-bond acceptors (Lipinski definition) is 4. The van der Waals surface area contributed by atoms with E-state index >= 15 is 0 Å². The van der Waals surface area contributed by atoms with Crippen molar-refractivity contribution < 1.29 is 4.74 Å². The summed E-state index contributed by atoms with van der Waals surface area (Å²) in [4.78, 5) is 6.77. The molecule has 0 unspecified atom stereocenters. The zero-order chi connectivity index (χ0) is 15.5. The molecular weight excluding hydrogens is 288 g/mol. The van der Waals surface area contributed by atoms with Gasteiger partial charge in [-0.05, 0) is 36.4 Å². The Hall–Kier alpha value is -2.53. The van der Waals surface area contributed by atoms with Crippen LogP contribution in [0.4, 0.5) is 11.4 Å². The summed E-state index contributed by atoms with van der Waals surface area (Å²) in [6.07, 6.45) is 1.87. The molecule has 0 aliphatic carbocycles. The fourth-order valence-corrected chi connectivity index (χ4v) is 2.92. The number of ether oxygens (including phenoxy) is 1. The minimum atomic E-state index is 0.706. The number of rotatable bonds is 4. The first-order chi connectivity index (χ1) is 11.4. The van der Waals surface area contributed by atoms with Crippen molar-refractivity contribution in [1.82, 2.24) is 9.55 Å². The van der Waals surface area contributed by atoms with E-state index in [9.17, 15) is 0 Å². The maximum absolute atomic E-state index is 5.40. The Morgan fingerprint density at radius 2 is 1.78 bits per heavy atom. The second-order valence-electron chi connectivity index (χ2n) is 5.68. The zero-order valence-electron chi connectivity index (χ0n) is 13.0. The van der Waals surface area contributed by atoms with Crippen molar-refractivity contribution in [2.75, 3.05) is 36.5 Å². The van der Waals surface area contributed by atoms with Gasteiger partial charge in [0.1, 0.15) is 0 Å². The molecule has 0 bridgehead atoms. The van der Waals surface area contributed by atoms with Crippen molar-refractivity contribution in [3.8, 4) is 0 Å². The van der Waals surface area contributed by atoms with E-state index in [1.807, 2.05) is 24.5 Å². The van der Waals surface area contributed by atoms with Crippen LogP contribution in [0.3, 0.4) is 0 Å². The number of benzene rings is 2. The van der Waals surface area contributed by atoms with E-state index < -0.39 is 0 Å².